The minimum Gasteiger partial charge on any atom is -0.504 e. The van der Waals surface area contributed by atoms with Gasteiger partial charge in [0, 0.05) is 24.7 Å². The topological polar surface area (TPSA) is 137 Å². The lowest BCUT2D eigenvalue weighted by atomic mass is 9.84. The normalized spacial score (nSPS) is 31.5. The third kappa shape index (κ3) is 8.64. The van der Waals surface area contributed by atoms with Crippen LogP contribution < -0.4 is 0 Å². The van der Waals surface area contributed by atoms with Crippen LogP contribution in [0, 0.1) is 23.7 Å². The maximum Gasteiger partial charge on any atom is 0.309 e. The van der Waals surface area contributed by atoms with Gasteiger partial charge in [-0.1, -0.05) is 49.8 Å². The lowest BCUT2D eigenvalue weighted by Gasteiger charge is -2.32. The van der Waals surface area contributed by atoms with Gasteiger partial charge >= 0.3 is 5.97 Å². The van der Waals surface area contributed by atoms with E-state index >= 15 is 0 Å². The number of cyclic esters (lactones) is 1. The maximum atomic E-state index is 12.9. The van der Waals surface area contributed by atoms with Gasteiger partial charge in [0.1, 0.15) is 11.9 Å². The third-order valence-corrected chi connectivity index (χ3v) is 8.24. The molecule has 1 aromatic heterocycles. The van der Waals surface area contributed by atoms with Crippen LogP contribution >= 0.6 is 0 Å². The lowest BCUT2D eigenvalue weighted by Crippen LogP contribution is -2.39. The van der Waals surface area contributed by atoms with Crippen molar-refractivity contribution < 1.29 is 39.2 Å². The number of aliphatic hydroxyl groups excluding tert-OH is 4. The summed E-state index contributed by atoms with van der Waals surface area (Å²) in [4.78, 5) is 25.7. The average molecular weight is 569 g/mol. The third-order valence-electron chi connectivity index (χ3n) is 8.24. The van der Waals surface area contributed by atoms with Crippen molar-refractivity contribution in [2.75, 3.05) is 0 Å². The Labute approximate surface area is 242 Å². The number of hydrogen-bond acceptors (Lipinski definition) is 8. The van der Waals surface area contributed by atoms with Crippen LogP contribution in [0.3, 0.4) is 0 Å². The van der Waals surface area contributed by atoms with Crippen molar-refractivity contribution in [3.8, 4) is 0 Å². The number of aryl methyl sites for hydroxylation is 1. The second-order valence-corrected chi connectivity index (χ2v) is 11.5. The smallest absolute Gasteiger partial charge is 0.309 e. The number of allylic oxidation sites excluding steroid dienone is 6. The fraction of sp³-hybridized carbons (Fsp3) is 0.515. The van der Waals surface area contributed by atoms with E-state index in [1.807, 2.05) is 26.0 Å². The van der Waals surface area contributed by atoms with Crippen LogP contribution in [0.15, 0.2) is 81.7 Å². The number of esters is 1. The maximum absolute atomic E-state index is 12.9. The zero-order valence-electron chi connectivity index (χ0n) is 24.6. The van der Waals surface area contributed by atoms with E-state index < -0.39 is 53.9 Å². The van der Waals surface area contributed by atoms with Crippen LogP contribution in [-0.4, -0.2) is 56.6 Å². The summed E-state index contributed by atoms with van der Waals surface area (Å²) in [6.45, 7) is 8.97. The van der Waals surface area contributed by atoms with E-state index in [1.54, 1.807) is 57.4 Å². The first kappa shape index (κ1) is 32.3. The van der Waals surface area contributed by atoms with Crippen LogP contribution in [0.5, 0.6) is 0 Å². The summed E-state index contributed by atoms with van der Waals surface area (Å²) in [5.74, 6) is -2.13. The van der Waals surface area contributed by atoms with Gasteiger partial charge in [-0.2, -0.15) is 0 Å². The van der Waals surface area contributed by atoms with E-state index in [4.69, 9.17) is 9.15 Å². The summed E-state index contributed by atoms with van der Waals surface area (Å²) in [5, 5.41) is 42.8. The van der Waals surface area contributed by atoms with Gasteiger partial charge in [0.2, 0.25) is 5.78 Å². The molecule has 0 fully saturated rings. The van der Waals surface area contributed by atoms with Crippen molar-refractivity contribution in [3.05, 3.63) is 83.1 Å². The number of fused-ring (bicyclic) bond motifs is 1. The molecule has 8 heteroatoms. The Bertz CT molecular complexity index is 1200. The van der Waals surface area contributed by atoms with Crippen LogP contribution in [-0.2, 0) is 20.7 Å². The molecule has 3 rings (SSSR count). The molecule has 2 aliphatic rings. The molecule has 1 aromatic rings. The number of ether oxygens (including phenoxy) is 1. The van der Waals surface area contributed by atoms with Crippen LogP contribution in [0.1, 0.15) is 59.6 Å². The zero-order chi connectivity index (χ0) is 30.3. The van der Waals surface area contributed by atoms with E-state index in [2.05, 4.69) is 0 Å². The molecule has 0 aromatic carbocycles. The van der Waals surface area contributed by atoms with E-state index in [1.165, 1.54) is 6.08 Å². The number of hydrogen-bond donors (Lipinski definition) is 4. The molecular formula is C33H44O8. The van der Waals surface area contributed by atoms with Gasteiger partial charge in [0.05, 0.1) is 36.9 Å². The summed E-state index contributed by atoms with van der Waals surface area (Å²) in [7, 11) is 0. The lowest BCUT2D eigenvalue weighted by molar-refractivity contribution is -0.157. The Balaban J connectivity index is 1.90. The van der Waals surface area contributed by atoms with Gasteiger partial charge in [-0.3, -0.25) is 9.59 Å². The summed E-state index contributed by atoms with van der Waals surface area (Å²) < 4.78 is 11.3. The Morgan fingerprint density at radius 1 is 1.05 bits per heavy atom. The summed E-state index contributed by atoms with van der Waals surface area (Å²) in [6, 6.07) is 3.70. The number of carbonyl (C=O) groups is 2. The highest BCUT2D eigenvalue weighted by Gasteiger charge is 2.37. The van der Waals surface area contributed by atoms with E-state index in [-0.39, 0.29) is 24.5 Å². The highest BCUT2D eigenvalue weighted by atomic mass is 16.5. The Morgan fingerprint density at radius 2 is 1.78 bits per heavy atom. The summed E-state index contributed by atoms with van der Waals surface area (Å²) in [5.41, 5.74) is 1.85. The van der Waals surface area contributed by atoms with E-state index in [9.17, 15) is 30.0 Å². The average Bonchev–Trinajstić information content (AvgIpc) is 3.52. The molecule has 2 heterocycles. The van der Waals surface area contributed by atoms with E-state index in [0.29, 0.717) is 24.0 Å². The molecule has 0 bridgehead atoms. The van der Waals surface area contributed by atoms with Gasteiger partial charge < -0.3 is 29.6 Å². The Kier molecular flexibility index (Phi) is 11.5. The fourth-order valence-electron chi connectivity index (χ4n) is 5.41. The molecule has 1 aliphatic heterocycles. The zero-order valence-corrected chi connectivity index (χ0v) is 24.6. The predicted molar refractivity (Wildman–Crippen MR) is 156 cm³/mol. The quantitative estimate of drug-likeness (QED) is 0.297. The van der Waals surface area contributed by atoms with Crippen LogP contribution in [0.2, 0.25) is 0 Å². The predicted octanol–water partition coefficient (Wildman–Crippen LogP) is 4.92. The molecule has 0 saturated carbocycles. The van der Waals surface area contributed by atoms with Crippen molar-refractivity contribution in [2.24, 2.45) is 23.7 Å². The Morgan fingerprint density at radius 3 is 2.46 bits per heavy atom. The number of Topliss-reactive ketones (excluding diaryl/α,β-unsaturated/α-hetero) is 1. The number of ketones is 1. The van der Waals surface area contributed by atoms with Gasteiger partial charge in [0.25, 0.3) is 0 Å². The van der Waals surface area contributed by atoms with Gasteiger partial charge in [0.15, 0.2) is 5.76 Å². The highest BCUT2D eigenvalue weighted by Crippen LogP contribution is 2.36. The number of rotatable bonds is 4. The molecule has 0 saturated heterocycles. The number of aliphatic hydroxyl groups is 4. The molecule has 0 unspecified atom stereocenters. The first-order valence-corrected chi connectivity index (χ1v) is 14.3. The van der Waals surface area contributed by atoms with Crippen molar-refractivity contribution in [1.29, 1.82) is 0 Å². The van der Waals surface area contributed by atoms with Crippen LogP contribution in [0.25, 0.3) is 0 Å². The molecule has 0 spiro atoms. The molecule has 4 N–H and O–H groups in total. The fourth-order valence-corrected chi connectivity index (χ4v) is 5.41. The van der Waals surface area contributed by atoms with Crippen molar-refractivity contribution >= 4 is 11.8 Å². The van der Waals surface area contributed by atoms with E-state index in [0.717, 1.165) is 11.3 Å². The van der Waals surface area contributed by atoms with Crippen LogP contribution in [0.4, 0.5) is 0 Å². The first-order chi connectivity index (χ1) is 19.4. The first-order valence-electron chi connectivity index (χ1n) is 14.3. The minimum absolute atomic E-state index is 0.0243. The monoisotopic (exact) mass is 568 g/mol. The SMILES string of the molecule is CC1=C[C@@H](O)C(C)=CCC(=O)O[C@H]([C@H](C)CCc2ccco2)[C@@H](C)[C@@H](O)C[C@@H](O)C=C[C@H]2C(=O)C(O)=C(C)[C@@H]2C=C1. The van der Waals surface area contributed by atoms with Gasteiger partial charge in [-0.15, -0.1) is 0 Å². The van der Waals surface area contributed by atoms with Crippen molar-refractivity contribution in [1.82, 2.24) is 0 Å². The molecule has 1 aliphatic carbocycles. The molecule has 224 valence electrons. The summed E-state index contributed by atoms with van der Waals surface area (Å²) in [6.07, 6.45) is 9.08. The second kappa shape index (κ2) is 14.6. The molecular weight excluding hydrogens is 524 g/mol. The molecule has 8 atom stereocenters. The summed E-state index contributed by atoms with van der Waals surface area (Å²) >= 11 is 0. The minimum atomic E-state index is -1.06. The van der Waals surface area contributed by atoms with Crippen molar-refractivity contribution in [2.45, 2.75) is 84.7 Å². The second-order valence-electron chi connectivity index (χ2n) is 11.5. The number of carbonyl (C=O) groups excluding carboxylic acids is 2. The molecule has 41 heavy (non-hydrogen) atoms. The molecule has 0 amide bonds. The van der Waals surface area contributed by atoms with Gasteiger partial charge in [-0.25, -0.2) is 0 Å². The molecule has 0 radical (unpaired) electrons. The standard InChI is InChI=1S/C33H44O8/c1-19-8-13-26-22(4)31(38)32(39)27(26)14-11-24(34)18-29(36)23(5)33(21(3)9-12-25-7-6-16-40-25)41-30(37)15-10-20(2)28(35)17-19/h6-8,10-11,13-14,16-17,21,23-24,26-29,33-36,38H,9,12,15,18H2,1-5H3/t21-,23+,24+,26+,27-,28-,29+,33-/m1/s1. The number of furan rings is 1. The van der Waals surface area contributed by atoms with Crippen molar-refractivity contribution in [3.63, 3.8) is 0 Å². The van der Waals surface area contributed by atoms with Gasteiger partial charge in [-0.05, 0) is 62.5 Å². The highest BCUT2D eigenvalue weighted by molar-refractivity contribution is 6.00. The molecule has 8 nitrogen and oxygen atoms in total. The Hall–Kier alpha value is -3.20. The largest absolute Gasteiger partial charge is 0.504 e.